The zero-order chi connectivity index (χ0) is 8.10. The predicted octanol–water partition coefficient (Wildman–Crippen LogP) is -0.433. The van der Waals surface area contributed by atoms with Crippen LogP contribution in [-0.2, 0) is 0 Å². The SMILES string of the molecule is CCCC[NH+]1CC=C[BH-]1C#N. The Morgan fingerprint density at radius 1 is 1.73 bits per heavy atom. The van der Waals surface area contributed by atoms with Gasteiger partial charge in [-0.1, -0.05) is 25.4 Å². The molecule has 0 saturated carbocycles. The first-order chi connectivity index (χ1) is 5.38. The van der Waals surface area contributed by atoms with Gasteiger partial charge in [0.25, 0.3) is 0 Å². The van der Waals surface area contributed by atoms with Gasteiger partial charge in [-0.3, -0.25) is 0 Å². The van der Waals surface area contributed by atoms with E-state index in [4.69, 9.17) is 5.26 Å². The van der Waals surface area contributed by atoms with E-state index >= 15 is 0 Å². The number of nitriles is 1. The first-order valence-corrected chi connectivity index (χ1v) is 4.49. The fourth-order valence-electron chi connectivity index (χ4n) is 1.62. The van der Waals surface area contributed by atoms with Gasteiger partial charge in [-0.25, -0.2) is 5.26 Å². The standard InChI is InChI=1S/C8H15BN2/c1-2-3-6-11-7-4-5-9(11)8-10/h4-5,9,11H,2-3,6-7H2,1H3. The first kappa shape index (κ1) is 8.35. The molecule has 0 fully saturated rings. The maximum absolute atomic E-state index is 8.75. The van der Waals surface area contributed by atoms with Crippen LogP contribution < -0.4 is 4.81 Å². The monoisotopic (exact) mass is 150 g/mol. The van der Waals surface area contributed by atoms with Crippen molar-refractivity contribution in [2.75, 3.05) is 13.1 Å². The fourth-order valence-corrected chi connectivity index (χ4v) is 1.62. The molecule has 0 aliphatic carbocycles. The summed E-state index contributed by atoms with van der Waals surface area (Å²) in [5, 5.41) is 8.75. The van der Waals surface area contributed by atoms with Gasteiger partial charge in [-0.2, -0.15) is 5.98 Å². The van der Waals surface area contributed by atoms with Gasteiger partial charge in [0.1, 0.15) is 0 Å². The Kier molecular flexibility index (Phi) is 3.19. The van der Waals surface area contributed by atoms with Crippen molar-refractivity contribution in [1.29, 1.82) is 5.26 Å². The minimum absolute atomic E-state index is 0.648. The van der Waals surface area contributed by atoms with E-state index in [0.29, 0.717) is 0 Å². The van der Waals surface area contributed by atoms with Crippen LogP contribution in [0.4, 0.5) is 0 Å². The highest BCUT2D eigenvalue weighted by atomic mass is 15.1. The zero-order valence-electron chi connectivity index (χ0n) is 7.14. The van der Waals surface area contributed by atoms with Crippen molar-refractivity contribution in [2.24, 2.45) is 0 Å². The third-order valence-corrected chi connectivity index (χ3v) is 2.40. The van der Waals surface area contributed by atoms with E-state index in [1.807, 2.05) is 0 Å². The van der Waals surface area contributed by atoms with Gasteiger partial charge in [0.05, 0.1) is 6.54 Å². The molecule has 0 aromatic heterocycles. The largest absolute Gasteiger partial charge is 0.510 e. The minimum Gasteiger partial charge on any atom is -0.510 e. The van der Waals surface area contributed by atoms with Crippen LogP contribution in [0.25, 0.3) is 0 Å². The molecule has 0 bridgehead atoms. The summed E-state index contributed by atoms with van der Waals surface area (Å²) in [5.41, 5.74) is 0. The molecule has 1 rings (SSSR count). The van der Waals surface area contributed by atoms with E-state index in [-0.39, 0.29) is 0 Å². The first-order valence-electron chi connectivity index (χ1n) is 4.49. The van der Waals surface area contributed by atoms with E-state index in [0.717, 1.165) is 6.54 Å². The summed E-state index contributed by atoms with van der Waals surface area (Å²) in [5.74, 6) is 4.48. The van der Waals surface area contributed by atoms with Crippen molar-refractivity contribution in [3.63, 3.8) is 0 Å². The summed E-state index contributed by atoms with van der Waals surface area (Å²) in [6, 6.07) is 0. The van der Waals surface area contributed by atoms with Gasteiger partial charge >= 0.3 is 6.85 Å². The van der Waals surface area contributed by atoms with E-state index < -0.39 is 6.85 Å². The molecule has 60 valence electrons. The minimum atomic E-state index is -0.648. The van der Waals surface area contributed by atoms with Gasteiger partial charge in [0.2, 0.25) is 0 Å². The lowest BCUT2D eigenvalue weighted by atomic mass is 9.64. The summed E-state index contributed by atoms with van der Waals surface area (Å²) < 4.78 is 0. The normalized spacial score (nSPS) is 28.7. The van der Waals surface area contributed by atoms with Gasteiger partial charge in [0.15, 0.2) is 0 Å². The Bertz CT molecular complexity index is 183. The Hall–Kier alpha value is -0.745. The predicted molar refractivity (Wildman–Crippen MR) is 47.5 cm³/mol. The molecule has 1 aliphatic rings. The number of nitrogens with zero attached hydrogens (tertiary/aromatic N) is 1. The van der Waals surface area contributed by atoms with Crippen molar-refractivity contribution in [1.82, 2.24) is 0 Å². The Morgan fingerprint density at radius 2 is 2.55 bits per heavy atom. The molecule has 1 N–H and O–H groups in total. The molecule has 0 amide bonds. The molecule has 0 spiro atoms. The van der Waals surface area contributed by atoms with Crippen LogP contribution in [0.2, 0.25) is 0 Å². The van der Waals surface area contributed by atoms with E-state index in [1.165, 1.54) is 24.2 Å². The maximum atomic E-state index is 8.75. The van der Waals surface area contributed by atoms with Crippen LogP contribution >= 0.6 is 0 Å². The third-order valence-electron chi connectivity index (χ3n) is 2.40. The molecule has 11 heavy (non-hydrogen) atoms. The number of hydrogen-bond acceptors (Lipinski definition) is 1. The molecule has 1 heterocycles. The Balaban J connectivity index is 2.31. The topological polar surface area (TPSA) is 28.2 Å². The highest BCUT2D eigenvalue weighted by Crippen LogP contribution is 1.85. The van der Waals surface area contributed by atoms with Gasteiger partial charge in [0, 0.05) is 6.54 Å². The highest BCUT2D eigenvalue weighted by molar-refractivity contribution is 6.64. The number of nitrogens with one attached hydrogen (secondary N) is 1. The van der Waals surface area contributed by atoms with Crippen LogP contribution in [0.5, 0.6) is 0 Å². The van der Waals surface area contributed by atoms with E-state index in [2.05, 4.69) is 24.9 Å². The molecule has 0 saturated heterocycles. The summed E-state index contributed by atoms with van der Waals surface area (Å²) in [6.07, 6.45) is 4.64. The van der Waals surface area contributed by atoms with Crippen molar-refractivity contribution in [3.8, 4) is 5.97 Å². The molecule has 2 unspecified atom stereocenters. The van der Waals surface area contributed by atoms with Gasteiger partial charge in [-0.15, -0.1) is 0 Å². The molecule has 0 radical (unpaired) electrons. The summed E-state index contributed by atoms with van der Waals surface area (Å²) >= 11 is 0. The zero-order valence-corrected chi connectivity index (χ0v) is 7.14. The number of quaternary nitrogens is 1. The highest BCUT2D eigenvalue weighted by Gasteiger charge is 2.16. The second kappa shape index (κ2) is 4.20. The molecule has 0 aromatic rings. The third kappa shape index (κ3) is 2.09. The molecular formula is C8H15BN2. The lowest BCUT2D eigenvalue weighted by Crippen LogP contribution is -3.16. The lowest BCUT2D eigenvalue weighted by Gasteiger charge is -2.23. The Labute approximate surface area is 68.6 Å². The van der Waals surface area contributed by atoms with Crippen LogP contribution in [0.3, 0.4) is 0 Å². The molecule has 1 aliphatic heterocycles. The van der Waals surface area contributed by atoms with Crippen molar-refractivity contribution in [2.45, 2.75) is 19.8 Å². The average molecular weight is 150 g/mol. The molecule has 0 aromatic carbocycles. The summed E-state index contributed by atoms with van der Waals surface area (Å²) in [6.45, 7) is 3.80. The number of hydrogen-bond donors (Lipinski definition) is 1. The van der Waals surface area contributed by atoms with Gasteiger partial charge < -0.3 is 4.81 Å². The lowest BCUT2D eigenvalue weighted by molar-refractivity contribution is -0.777. The number of unbranched alkanes of at least 4 members (excludes halogenated alkanes) is 1. The molecular weight excluding hydrogens is 135 g/mol. The summed E-state index contributed by atoms with van der Waals surface area (Å²) in [7, 11) is 0. The van der Waals surface area contributed by atoms with Crippen LogP contribution in [0, 0.1) is 11.2 Å². The average Bonchev–Trinajstić information content (AvgIpc) is 2.47. The van der Waals surface area contributed by atoms with Crippen molar-refractivity contribution >= 4 is 6.85 Å². The second-order valence-electron chi connectivity index (χ2n) is 3.27. The van der Waals surface area contributed by atoms with E-state index in [9.17, 15) is 0 Å². The van der Waals surface area contributed by atoms with Crippen LogP contribution in [0.1, 0.15) is 19.8 Å². The molecule has 3 heteroatoms. The van der Waals surface area contributed by atoms with Crippen LogP contribution in [0.15, 0.2) is 12.1 Å². The van der Waals surface area contributed by atoms with Crippen molar-refractivity contribution in [3.05, 3.63) is 12.1 Å². The van der Waals surface area contributed by atoms with Gasteiger partial charge in [-0.05, 0) is 6.42 Å². The Morgan fingerprint density at radius 3 is 3.18 bits per heavy atom. The molecule has 2 atom stereocenters. The second-order valence-corrected chi connectivity index (χ2v) is 3.27. The molecule has 2 nitrogen and oxygen atoms in total. The fraction of sp³-hybridized carbons (Fsp3) is 0.625. The summed E-state index contributed by atoms with van der Waals surface area (Å²) in [4.78, 5) is 1.49. The smallest absolute Gasteiger partial charge is 0.313 e. The van der Waals surface area contributed by atoms with E-state index in [1.54, 1.807) is 0 Å². The quantitative estimate of drug-likeness (QED) is 0.543. The van der Waals surface area contributed by atoms with Crippen LogP contribution in [-0.4, -0.2) is 19.9 Å². The van der Waals surface area contributed by atoms with Crippen molar-refractivity contribution < 1.29 is 4.81 Å². The number of rotatable bonds is 3. The maximum Gasteiger partial charge on any atom is 0.313 e.